The van der Waals surface area contributed by atoms with Crippen molar-refractivity contribution in [2.45, 2.75) is 59.4 Å². The summed E-state index contributed by atoms with van der Waals surface area (Å²) in [4.78, 5) is 34.7. The first-order valence-corrected chi connectivity index (χ1v) is 9.73. The third kappa shape index (κ3) is 3.77. The molecule has 0 bridgehead atoms. The van der Waals surface area contributed by atoms with Gasteiger partial charge >= 0.3 is 6.09 Å². The van der Waals surface area contributed by atoms with Crippen molar-refractivity contribution in [1.82, 2.24) is 19.7 Å². The van der Waals surface area contributed by atoms with E-state index in [2.05, 4.69) is 9.97 Å². The number of carbonyl (C=O) groups excluding carboxylic acids is 1. The van der Waals surface area contributed by atoms with Crippen LogP contribution in [0.1, 0.15) is 64.8 Å². The number of nitrogens with zero attached hydrogens (tertiary/aromatic N) is 5. The van der Waals surface area contributed by atoms with Crippen LogP contribution < -0.4 is 4.90 Å². The van der Waals surface area contributed by atoms with Gasteiger partial charge in [0.05, 0.1) is 11.4 Å². The van der Waals surface area contributed by atoms with E-state index < -0.39 is 17.0 Å². The molecule has 0 saturated carbocycles. The van der Waals surface area contributed by atoms with Crippen LogP contribution in [0.5, 0.6) is 0 Å². The second-order valence-corrected chi connectivity index (χ2v) is 9.26. The highest BCUT2D eigenvalue weighted by Gasteiger charge is 2.36. The number of amides is 1. The lowest BCUT2D eigenvalue weighted by atomic mass is 9.91. The quantitative estimate of drug-likeness (QED) is 0.635. The topological polar surface area (TPSA) is 101 Å². The maximum Gasteiger partial charge on any atom is 0.413 e. The molecule has 0 atom stereocenters. The van der Waals surface area contributed by atoms with Crippen LogP contribution in [-0.2, 0) is 5.41 Å². The highest BCUT2D eigenvalue weighted by atomic mass is 16.4. The molecule has 8 nitrogen and oxygen atoms in total. The number of carboxylic acid groups (broad SMARTS) is 1. The first-order valence-electron chi connectivity index (χ1n) is 9.73. The number of anilines is 1. The number of aromatic nitrogens is 4. The van der Waals surface area contributed by atoms with Crippen LogP contribution in [0.2, 0.25) is 0 Å². The van der Waals surface area contributed by atoms with E-state index in [-0.39, 0.29) is 17.4 Å². The Morgan fingerprint density at radius 1 is 0.967 bits per heavy atom. The Kier molecular flexibility index (Phi) is 5.14. The van der Waals surface area contributed by atoms with Gasteiger partial charge in [0.1, 0.15) is 11.0 Å². The fraction of sp³-hybridized carbons (Fsp3) is 0.409. The number of fused-ring (bicyclic) bond motifs is 1. The molecule has 0 saturated heterocycles. The molecule has 1 aromatic carbocycles. The molecule has 3 aromatic rings. The molecule has 30 heavy (non-hydrogen) atoms. The summed E-state index contributed by atoms with van der Waals surface area (Å²) in [5.74, 6) is 0.0329. The van der Waals surface area contributed by atoms with Crippen molar-refractivity contribution in [3.05, 3.63) is 41.9 Å². The van der Waals surface area contributed by atoms with Crippen molar-refractivity contribution in [3.63, 3.8) is 0 Å². The summed E-state index contributed by atoms with van der Waals surface area (Å²) < 4.78 is 1.57. The fourth-order valence-electron chi connectivity index (χ4n) is 3.28. The predicted molar refractivity (Wildman–Crippen MR) is 116 cm³/mol. The maximum atomic E-state index is 12.3. The zero-order valence-corrected chi connectivity index (χ0v) is 18.4. The van der Waals surface area contributed by atoms with E-state index in [0.29, 0.717) is 22.4 Å². The van der Waals surface area contributed by atoms with Crippen molar-refractivity contribution in [3.8, 4) is 5.69 Å². The molecule has 2 aromatic heterocycles. The summed E-state index contributed by atoms with van der Waals surface area (Å²) in [6, 6.07) is 9.26. The van der Waals surface area contributed by atoms with E-state index >= 15 is 0 Å². The first-order chi connectivity index (χ1) is 13.8. The van der Waals surface area contributed by atoms with E-state index in [0.717, 1.165) is 0 Å². The minimum absolute atomic E-state index is 0.0422. The van der Waals surface area contributed by atoms with E-state index in [1.54, 1.807) is 25.5 Å². The largest absolute Gasteiger partial charge is 0.465 e. The van der Waals surface area contributed by atoms with Crippen LogP contribution in [0.15, 0.2) is 30.3 Å². The SMILES string of the molecule is CC(=O)c1nc(C(C)(C)C)c2nn(-c3ccccc3)c(N(C(=O)O)C(C)(C)C)c2n1. The molecule has 158 valence electrons. The summed E-state index contributed by atoms with van der Waals surface area (Å²) in [5, 5.41) is 14.8. The molecule has 0 radical (unpaired) electrons. The number of hydrogen-bond donors (Lipinski definition) is 1. The Bertz CT molecular complexity index is 1120. The summed E-state index contributed by atoms with van der Waals surface area (Å²) >= 11 is 0. The number of rotatable bonds is 3. The zero-order valence-electron chi connectivity index (χ0n) is 18.4. The normalized spacial score (nSPS) is 12.2. The minimum Gasteiger partial charge on any atom is -0.465 e. The fourth-order valence-corrected chi connectivity index (χ4v) is 3.28. The lowest BCUT2D eigenvalue weighted by Crippen LogP contribution is -2.46. The highest BCUT2D eigenvalue weighted by Crippen LogP contribution is 2.36. The number of hydrogen-bond acceptors (Lipinski definition) is 5. The molecule has 0 aliphatic carbocycles. The van der Waals surface area contributed by atoms with Gasteiger partial charge in [-0.2, -0.15) is 5.10 Å². The molecule has 0 aliphatic heterocycles. The molecule has 8 heteroatoms. The Labute approximate surface area is 175 Å². The van der Waals surface area contributed by atoms with E-state index in [1.165, 1.54) is 11.8 Å². The van der Waals surface area contributed by atoms with E-state index in [9.17, 15) is 14.7 Å². The second-order valence-electron chi connectivity index (χ2n) is 9.26. The van der Waals surface area contributed by atoms with Gasteiger partial charge in [-0.25, -0.2) is 19.4 Å². The average molecular weight is 409 g/mol. The van der Waals surface area contributed by atoms with Gasteiger partial charge in [0, 0.05) is 17.9 Å². The van der Waals surface area contributed by atoms with Crippen molar-refractivity contribution in [1.29, 1.82) is 0 Å². The number of Topliss-reactive ketones (excluding diaryl/α,β-unsaturated/α-hetero) is 1. The summed E-state index contributed by atoms with van der Waals surface area (Å²) in [6.07, 6.45) is -1.14. The number of ketones is 1. The van der Waals surface area contributed by atoms with E-state index in [1.807, 2.05) is 51.1 Å². The van der Waals surface area contributed by atoms with Gasteiger partial charge in [0.25, 0.3) is 0 Å². The smallest absolute Gasteiger partial charge is 0.413 e. The van der Waals surface area contributed by atoms with Gasteiger partial charge in [0.15, 0.2) is 17.4 Å². The molecule has 3 rings (SSSR count). The predicted octanol–water partition coefficient (Wildman–Crippen LogP) is 4.60. The van der Waals surface area contributed by atoms with E-state index in [4.69, 9.17) is 5.10 Å². The molecule has 2 heterocycles. The van der Waals surface area contributed by atoms with Gasteiger partial charge in [-0.3, -0.25) is 9.69 Å². The van der Waals surface area contributed by atoms with Gasteiger partial charge in [0.2, 0.25) is 0 Å². The van der Waals surface area contributed by atoms with Crippen LogP contribution in [-0.4, -0.2) is 42.3 Å². The van der Waals surface area contributed by atoms with Crippen LogP contribution in [0.4, 0.5) is 10.6 Å². The molecular weight excluding hydrogens is 382 g/mol. The average Bonchev–Trinajstić information content (AvgIpc) is 2.98. The van der Waals surface area contributed by atoms with Crippen molar-refractivity contribution in [2.24, 2.45) is 0 Å². The third-order valence-electron chi connectivity index (χ3n) is 4.60. The molecule has 0 aliphatic rings. The first kappa shape index (κ1) is 21.4. The lowest BCUT2D eigenvalue weighted by Gasteiger charge is -2.33. The molecule has 1 N–H and O–H groups in total. The lowest BCUT2D eigenvalue weighted by molar-refractivity contribution is 0.100. The highest BCUT2D eigenvalue weighted by molar-refractivity contribution is 6.01. The number of carbonyl (C=O) groups is 2. The Morgan fingerprint density at radius 3 is 2.03 bits per heavy atom. The van der Waals surface area contributed by atoms with Gasteiger partial charge in [-0.15, -0.1) is 0 Å². The monoisotopic (exact) mass is 409 g/mol. The second kappa shape index (κ2) is 7.19. The third-order valence-corrected chi connectivity index (χ3v) is 4.60. The maximum absolute atomic E-state index is 12.3. The summed E-state index contributed by atoms with van der Waals surface area (Å²) in [7, 11) is 0. The zero-order chi connectivity index (χ0) is 22.4. The Hall–Kier alpha value is -3.29. The number of benzene rings is 1. The number of para-hydroxylation sites is 1. The Balaban J connectivity index is 2.54. The van der Waals surface area contributed by atoms with Crippen LogP contribution >= 0.6 is 0 Å². The van der Waals surface area contributed by atoms with Crippen molar-refractivity contribution < 1.29 is 14.7 Å². The molecule has 1 amide bonds. The molecule has 0 fully saturated rings. The summed E-state index contributed by atoms with van der Waals surface area (Å²) in [6.45, 7) is 12.7. The molecule has 0 spiro atoms. The van der Waals surface area contributed by atoms with Crippen LogP contribution in [0.3, 0.4) is 0 Å². The molecule has 0 unspecified atom stereocenters. The van der Waals surface area contributed by atoms with Gasteiger partial charge in [-0.1, -0.05) is 39.0 Å². The standard InChI is InChI=1S/C22H27N5O3/c1-13(28)18-23-16-15(17(24-18)21(2,3)4)25-27(14-11-9-8-10-12-14)19(16)26(20(29)30)22(5,6)7/h8-12H,1-7H3,(H,29,30). The Morgan fingerprint density at radius 2 is 1.57 bits per heavy atom. The van der Waals surface area contributed by atoms with Gasteiger partial charge < -0.3 is 5.11 Å². The minimum atomic E-state index is -1.14. The van der Waals surface area contributed by atoms with Crippen LogP contribution in [0.25, 0.3) is 16.7 Å². The molecular formula is C22H27N5O3. The van der Waals surface area contributed by atoms with Crippen molar-refractivity contribution in [2.75, 3.05) is 4.90 Å². The van der Waals surface area contributed by atoms with Crippen LogP contribution in [0, 0.1) is 0 Å². The summed E-state index contributed by atoms with van der Waals surface area (Å²) in [5.41, 5.74) is 0.865. The van der Waals surface area contributed by atoms with Crippen molar-refractivity contribution >= 4 is 28.7 Å². The van der Waals surface area contributed by atoms with Gasteiger partial charge in [-0.05, 0) is 32.9 Å².